The number of benzene rings is 1. The first-order valence-electron chi connectivity index (χ1n) is 4.48. The molecule has 1 unspecified atom stereocenters. The van der Waals surface area contributed by atoms with Crippen molar-refractivity contribution in [1.29, 1.82) is 0 Å². The average Bonchev–Trinajstić information content (AvgIpc) is 2.48. The molecule has 1 aromatic carbocycles. The molecule has 0 saturated carbocycles. The lowest BCUT2D eigenvalue weighted by Gasteiger charge is -2.09. The van der Waals surface area contributed by atoms with Gasteiger partial charge in [0, 0.05) is 4.90 Å². The molecule has 2 rings (SSSR count). The van der Waals surface area contributed by atoms with Crippen LogP contribution in [-0.4, -0.2) is 6.26 Å². The van der Waals surface area contributed by atoms with Gasteiger partial charge in [0.1, 0.15) is 0 Å². The first-order chi connectivity index (χ1) is 5.83. The summed E-state index contributed by atoms with van der Waals surface area (Å²) in [6, 6.07) is 6.70. The van der Waals surface area contributed by atoms with E-state index in [1.165, 1.54) is 17.7 Å². The smallest absolute Gasteiger partial charge is 0.0107 e. The summed E-state index contributed by atoms with van der Waals surface area (Å²) < 4.78 is 0. The Balaban J connectivity index is 2.53. The maximum absolute atomic E-state index is 2.34. The third kappa shape index (κ3) is 1.16. The van der Waals surface area contributed by atoms with Crippen molar-refractivity contribution in [3.05, 3.63) is 29.3 Å². The van der Waals surface area contributed by atoms with Crippen LogP contribution in [0, 0.1) is 0 Å². The van der Waals surface area contributed by atoms with Crippen LogP contribution in [0.4, 0.5) is 0 Å². The van der Waals surface area contributed by atoms with Gasteiger partial charge in [0.25, 0.3) is 0 Å². The molecular formula is C11H14S. The van der Waals surface area contributed by atoms with Gasteiger partial charge in [-0.25, -0.2) is 0 Å². The van der Waals surface area contributed by atoms with Crippen LogP contribution in [0.15, 0.2) is 23.1 Å². The van der Waals surface area contributed by atoms with Crippen molar-refractivity contribution in [3.8, 4) is 0 Å². The molecule has 1 atom stereocenters. The van der Waals surface area contributed by atoms with Gasteiger partial charge < -0.3 is 0 Å². The lowest BCUT2D eigenvalue weighted by atomic mass is 10.0. The van der Waals surface area contributed by atoms with E-state index in [4.69, 9.17) is 0 Å². The van der Waals surface area contributed by atoms with E-state index in [9.17, 15) is 0 Å². The van der Waals surface area contributed by atoms with E-state index in [1.807, 2.05) is 11.8 Å². The van der Waals surface area contributed by atoms with Crippen LogP contribution in [0.2, 0.25) is 0 Å². The molecule has 0 aromatic heterocycles. The number of rotatable bonds is 1. The minimum atomic E-state index is 0.781. The van der Waals surface area contributed by atoms with Crippen LogP contribution in [0.1, 0.15) is 30.4 Å². The van der Waals surface area contributed by atoms with Gasteiger partial charge in [-0.2, -0.15) is 0 Å². The van der Waals surface area contributed by atoms with Gasteiger partial charge in [0.05, 0.1) is 0 Å². The molecule has 0 heterocycles. The Labute approximate surface area is 78.4 Å². The van der Waals surface area contributed by atoms with Crippen molar-refractivity contribution in [2.45, 2.75) is 30.6 Å². The summed E-state index contributed by atoms with van der Waals surface area (Å²) in [6.45, 7) is 2.34. The van der Waals surface area contributed by atoms with Crippen LogP contribution in [0.3, 0.4) is 0 Å². The molecule has 0 aliphatic heterocycles. The summed E-state index contributed by atoms with van der Waals surface area (Å²) in [4.78, 5) is 1.48. The highest BCUT2D eigenvalue weighted by Crippen LogP contribution is 2.38. The quantitative estimate of drug-likeness (QED) is 0.593. The molecule has 1 heteroatoms. The maximum atomic E-state index is 2.34. The van der Waals surface area contributed by atoms with Crippen LogP contribution < -0.4 is 0 Å². The monoisotopic (exact) mass is 178 g/mol. The van der Waals surface area contributed by atoms with E-state index in [-0.39, 0.29) is 0 Å². The SMILES string of the molecule is CSc1cccc2c1C(C)CC2. The average molecular weight is 178 g/mol. The Hall–Kier alpha value is -0.430. The van der Waals surface area contributed by atoms with Crippen molar-refractivity contribution in [2.75, 3.05) is 6.26 Å². The molecule has 0 nitrogen and oxygen atoms in total. The third-order valence-corrected chi connectivity index (χ3v) is 3.51. The van der Waals surface area contributed by atoms with Crippen LogP contribution >= 0.6 is 11.8 Å². The molecule has 12 heavy (non-hydrogen) atoms. The van der Waals surface area contributed by atoms with E-state index < -0.39 is 0 Å². The van der Waals surface area contributed by atoms with Crippen LogP contribution in [0.5, 0.6) is 0 Å². The van der Waals surface area contributed by atoms with Gasteiger partial charge in [0.2, 0.25) is 0 Å². The first-order valence-corrected chi connectivity index (χ1v) is 5.71. The number of hydrogen-bond acceptors (Lipinski definition) is 1. The number of aryl methyl sites for hydroxylation is 1. The molecular weight excluding hydrogens is 164 g/mol. The third-order valence-electron chi connectivity index (χ3n) is 2.72. The molecule has 1 aliphatic rings. The standard InChI is InChI=1S/C11H14S/c1-8-6-7-9-4-3-5-10(12-2)11(8)9/h3-5,8H,6-7H2,1-2H3. The molecule has 0 fully saturated rings. The van der Waals surface area contributed by atoms with E-state index in [2.05, 4.69) is 31.4 Å². The van der Waals surface area contributed by atoms with E-state index in [0.717, 1.165) is 5.92 Å². The zero-order valence-electron chi connectivity index (χ0n) is 7.63. The van der Waals surface area contributed by atoms with Crippen molar-refractivity contribution >= 4 is 11.8 Å². The Morgan fingerprint density at radius 1 is 1.42 bits per heavy atom. The zero-order valence-corrected chi connectivity index (χ0v) is 8.45. The van der Waals surface area contributed by atoms with Crippen molar-refractivity contribution in [2.24, 2.45) is 0 Å². The molecule has 0 radical (unpaired) electrons. The Morgan fingerprint density at radius 3 is 3.00 bits per heavy atom. The van der Waals surface area contributed by atoms with Crippen molar-refractivity contribution < 1.29 is 0 Å². The summed E-state index contributed by atoms with van der Waals surface area (Å²) in [6.07, 6.45) is 4.79. The molecule has 1 aliphatic carbocycles. The van der Waals surface area contributed by atoms with E-state index in [0.29, 0.717) is 0 Å². The summed E-state index contributed by atoms with van der Waals surface area (Å²) >= 11 is 1.88. The molecule has 1 aromatic rings. The molecule has 0 spiro atoms. The van der Waals surface area contributed by atoms with Crippen molar-refractivity contribution in [3.63, 3.8) is 0 Å². The summed E-state index contributed by atoms with van der Waals surface area (Å²) in [5, 5.41) is 0. The van der Waals surface area contributed by atoms with Gasteiger partial charge in [-0.15, -0.1) is 11.8 Å². The minimum absolute atomic E-state index is 0.781. The number of thioether (sulfide) groups is 1. The summed E-state index contributed by atoms with van der Waals surface area (Å²) in [7, 11) is 0. The molecule has 0 amide bonds. The van der Waals surface area contributed by atoms with E-state index in [1.54, 1.807) is 11.1 Å². The van der Waals surface area contributed by atoms with Gasteiger partial charge in [-0.05, 0) is 42.2 Å². The summed E-state index contributed by atoms with van der Waals surface area (Å²) in [5.41, 5.74) is 3.19. The predicted molar refractivity (Wildman–Crippen MR) is 55.0 cm³/mol. The highest BCUT2D eigenvalue weighted by Gasteiger charge is 2.20. The second-order valence-electron chi connectivity index (χ2n) is 3.47. The maximum Gasteiger partial charge on any atom is 0.0107 e. The topological polar surface area (TPSA) is 0 Å². The van der Waals surface area contributed by atoms with Crippen LogP contribution in [-0.2, 0) is 6.42 Å². The predicted octanol–water partition coefficient (Wildman–Crippen LogP) is 3.46. The fraction of sp³-hybridized carbons (Fsp3) is 0.455. The van der Waals surface area contributed by atoms with Gasteiger partial charge >= 0.3 is 0 Å². The minimum Gasteiger partial charge on any atom is -0.129 e. The van der Waals surface area contributed by atoms with Gasteiger partial charge in [0.15, 0.2) is 0 Å². The fourth-order valence-corrected chi connectivity index (χ4v) is 2.83. The molecule has 0 N–H and O–H groups in total. The Morgan fingerprint density at radius 2 is 2.25 bits per heavy atom. The lowest BCUT2D eigenvalue weighted by molar-refractivity contribution is 0.738. The lowest BCUT2D eigenvalue weighted by Crippen LogP contribution is -1.89. The second kappa shape index (κ2) is 3.14. The largest absolute Gasteiger partial charge is 0.129 e. The van der Waals surface area contributed by atoms with Crippen LogP contribution in [0.25, 0.3) is 0 Å². The van der Waals surface area contributed by atoms with Crippen molar-refractivity contribution in [1.82, 2.24) is 0 Å². The Kier molecular flexibility index (Phi) is 2.14. The normalized spacial score (nSPS) is 21.0. The summed E-state index contributed by atoms with van der Waals surface area (Å²) in [5.74, 6) is 0.781. The molecule has 0 saturated heterocycles. The highest BCUT2D eigenvalue weighted by atomic mass is 32.2. The number of hydrogen-bond donors (Lipinski definition) is 0. The first kappa shape index (κ1) is 8.18. The molecule has 64 valence electrons. The van der Waals surface area contributed by atoms with Gasteiger partial charge in [-0.3, -0.25) is 0 Å². The number of fused-ring (bicyclic) bond motifs is 1. The Bertz CT molecular complexity index is 291. The zero-order chi connectivity index (χ0) is 8.55. The highest BCUT2D eigenvalue weighted by molar-refractivity contribution is 7.98. The second-order valence-corrected chi connectivity index (χ2v) is 4.32. The van der Waals surface area contributed by atoms with Gasteiger partial charge in [-0.1, -0.05) is 19.1 Å². The molecule has 0 bridgehead atoms. The fourth-order valence-electron chi connectivity index (χ4n) is 2.06. The van der Waals surface area contributed by atoms with E-state index >= 15 is 0 Å².